The summed E-state index contributed by atoms with van der Waals surface area (Å²) in [6, 6.07) is 46.5. The Morgan fingerprint density at radius 3 is 2.11 bits per heavy atom. The van der Waals surface area contributed by atoms with E-state index in [2.05, 4.69) is 130 Å². The molecule has 45 heavy (non-hydrogen) atoms. The smallest absolute Gasteiger partial charge is 0.199 e. The van der Waals surface area contributed by atoms with E-state index in [1.807, 2.05) is 40.5 Å². The zero-order chi connectivity index (χ0) is 30.3. The van der Waals surface area contributed by atoms with E-state index >= 15 is 0 Å². The zero-order valence-electron chi connectivity index (χ0n) is 24.2. The number of anilines is 1. The fourth-order valence-electron chi connectivity index (χ4n) is 6.30. The monoisotopic (exact) mass is 696 g/mol. The molecular weight excluding hydrogens is 667 g/mol. The van der Waals surface area contributed by atoms with Crippen LogP contribution in [0.4, 0.5) is 5.88 Å². The van der Waals surface area contributed by atoms with Crippen molar-refractivity contribution in [1.29, 1.82) is 0 Å². The molecule has 2 atom stereocenters. The second-order valence-corrected chi connectivity index (χ2v) is 11.9. The summed E-state index contributed by atoms with van der Waals surface area (Å²) < 4.78 is 8.28. The lowest BCUT2D eigenvalue weighted by atomic mass is 9.96. The van der Waals surface area contributed by atoms with Gasteiger partial charge in [0, 0.05) is 11.0 Å². The van der Waals surface area contributed by atoms with Crippen LogP contribution in [0, 0.1) is 0 Å². The fourth-order valence-corrected chi connectivity index (χ4v) is 6.90. The number of furan rings is 1. The number of nitrogens with two attached hydrogens (primary N) is 1. The number of hydrogen-bond donors (Lipinski definition) is 3. The SMILES string of the molecule is Nc1oc2cc(-c3ccc4ccc5ccccc5c4c3)ccc2c1/C(=C\I)C1=NC(c2ccccc2)NC(c2ccccc2)N1. The summed E-state index contributed by atoms with van der Waals surface area (Å²) >= 11 is 2.28. The first-order chi connectivity index (χ1) is 22.2. The highest BCUT2D eigenvalue weighted by Gasteiger charge is 2.29. The summed E-state index contributed by atoms with van der Waals surface area (Å²) in [4.78, 5) is 5.15. The number of nitrogens with zero attached hydrogens (tertiary/aromatic N) is 1. The lowest BCUT2D eigenvalue weighted by molar-refractivity contribution is 0.410. The number of nitrogens with one attached hydrogen (secondary N) is 2. The highest BCUT2D eigenvalue weighted by atomic mass is 127. The van der Waals surface area contributed by atoms with Gasteiger partial charge in [-0.1, -0.05) is 138 Å². The topological polar surface area (TPSA) is 75.6 Å². The van der Waals surface area contributed by atoms with E-state index in [4.69, 9.17) is 15.1 Å². The molecule has 0 saturated carbocycles. The molecule has 1 aliphatic rings. The van der Waals surface area contributed by atoms with Gasteiger partial charge in [0.2, 0.25) is 0 Å². The van der Waals surface area contributed by atoms with Crippen LogP contribution >= 0.6 is 22.6 Å². The van der Waals surface area contributed by atoms with E-state index in [0.717, 1.165) is 50.2 Å². The molecule has 7 aromatic rings. The Balaban J connectivity index is 1.20. The fraction of sp³-hybridized carbons (Fsp3) is 0.0513. The van der Waals surface area contributed by atoms with Gasteiger partial charge >= 0.3 is 0 Å². The quantitative estimate of drug-likeness (QED) is 0.124. The molecule has 2 unspecified atom stereocenters. The average molecular weight is 697 g/mol. The second kappa shape index (κ2) is 11.5. The summed E-state index contributed by atoms with van der Waals surface area (Å²) in [6.07, 6.45) is -0.390. The maximum absolute atomic E-state index is 6.64. The molecule has 1 aliphatic heterocycles. The van der Waals surface area contributed by atoms with E-state index < -0.39 is 0 Å². The molecule has 0 fully saturated rings. The van der Waals surface area contributed by atoms with Crippen molar-refractivity contribution in [3.63, 3.8) is 0 Å². The number of aliphatic imine (C=N–C) groups is 1. The van der Waals surface area contributed by atoms with Crippen molar-refractivity contribution in [1.82, 2.24) is 10.6 Å². The molecule has 0 saturated heterocycles. The number of rotatable bonds is 5. The molecule has 0 bridgehead atoms. The van der Waals surface area contributed by atoms with Crippen molar-refractivity contribution < 1.29 is 4.42 Å². The molecule has 1 aromatic heterocycles. The first-order valence-corrected chi connectivity index (χ1v) is 16.2. The maximum Gasteiger partial charge on any atom is 0.199 e. The Morgan fingerprint density at radius 1 is 0.689 bits per heavy atom. The third-order valence-electron chi connectivity index (χ3n) is 8.54. The van der Waals surface area contributed by atoms with E-state index in [-0.39, 0.29) is 12.3 Å². The predicted octanol–water partition coefficient (Wildman–Crippen LogP) is 9.75. The van der Waals surface area contributed by atoms with E-state index in [1.165, 1.54) is 21.5 Å². The van der Waals surface area contributed by atoms with Crippen LogP contribution in [0.2, 0.25) is 0 Å². The van der Waals surface area contributed by atoms with Gasteiger partial charge in [-0.15, -0.1) is 0 Å². The molecule has 0 amide bonds. The van der Waals surface area contributed by atoms with Gasteiger partial charge in [0.1, 0.15) is 23.8 Å². The predicted molar refractivity (Wildman–Crippen MR) is 195 cm³/mol. The lowest BCUT2D eigenvalue weighted by Crippen LogP contribution is -2.44. The Labute approximate surface area is 274 Å². The Hall–Kier alpha value is -4.92. The number of halogens is 1. The van der Waals surface area contributed by atoms with Crippen LogP contribution in [0.3, 0.4) is 0 Å². The van der Waals surface area contributed by atoms with Crippen molar-refractivity contribution in [3.05, 3.63) is 154 Å². The third-order valence-corrected chi connectivity index (χ3v) is 9.17. The van der Waals surface area contributed by atoms with Crippen LogP contribution in [0.15, 0.2) is 147 Å². The van der Waals surface area contributed by atoms with Gasteiger partial charge in [-0.2, -0.15) is 0 Å². The standard InChI is InChI=1S/C39H29IN4O/c40-23-33(39-43-37(26-10-3-1-4-11-26)42-38(44-39)27-12-5-2-6-13-27)35-31-20-19-29(22-34(31)45-36(35)41)28-18-17-25-16-15-24-9-7-8-14-30(24)32(25)21-28/h1-23,37-38,42H,41H2,(H,43,44)/b33-23+. The number of fused-ring (bicyclic) bond motifs is 4. The highest BCUT2D eigenvalue weighted by Crippen LogP contribution is 2.39. The van der Waals surface area contributed by atoms with Crippen molar-refractivity contribution in [2.24, 2.45) is 4.99 Å². The molecule has 0 radical (unpaired) electrons. The van der Waals surface area contributed by atoms with Crippen LogP contribution in [-0.4, -0.2) is 5.84 Å². The largest absolute Gasteiger partial charge is 0.440 e. The van der Waals surface area contributed by atoms with Crippen molar-refractivity contribution in [3.8, 4) is 11.1 Å². The summed E-state index contributed by atoms with van der Waals surface area (Å²) in [5, 5.41) is 13.2. The minimum absolute atomic E-state index is 0.148. The first kappa shape index (κ1) is 27.6. The molecule has 218 valence electrons. The molecule has 2 heterocycles. The lowest BCUT2D eigenvalue weighted by Gasteiger charge is -2.32. The molecule has 4 N–H and O–H groups in total. The van der Waals surface area contributed by atoms with Gasteiger partial charge in [-0.25, -0.2) is 4.99 Å². The van der Waals surface area contributed by atoms with Crippen molar-refractivity contribution in [2.75, 3.05) is 5.73 Å². The van der Waals surface area contributed by atoms with Gasteiger partial charge in [-0.3, -0.25) is 5.32 Å². The highest BCUT2D eigenvalue weighted by molar-refractivity contribution is 14.1. The average Bonchev–Trinajstić information content (AvgIpc) is 3.43. The second-order valence-electron chi connectivity index (χ2n) is 11.2. The van der Waals surface area contributed by atoms with Crippen LogP contribution < -0.4 is 16.4 Å². The number of nitrogen functional groups attached to an aromatic ring is 1. The van der Waals surface area contributed by atoms with Gasteiger partial charge < -0.3 is 15.5 Å². The minimum atomic E-state index is -0.242. The van der Waals surface area contributed by atoms with E-state index in [0.29, 0.717) is 5.88 Å². The Morgan fingerprint density at radius 2 is 1.33 bits per heavy atom. The first-order valence-electron chi connectivity index (χ1n) is 14.9. The Bertz CT molecular complexity index is 2260. The zero-order valence-corrected chi connectivity index (χ0v) is 26.4. The maximum atomic E-state index is 6.64. The van der Waals surface area contributed by atoms with Crippen LogP contribution in [-0.2, 0) is 0 Å². The molecule has 0 spiro atoms. The van der Waals surface area contributed by atoms with Gasteiger partial charge in [0.15, 0.2) is 5.88 Å². The van der Waals surface area contributed by atoms with Crippen LogP contribution in [0.1, 0.15) is 29.0 Å². The molecular formula is C39H29IN4O. The van der Waals surface area contributed by atoms with Crippen LogP contribution in [0.5, 0.6) is 0 Å². The van der Waals surface area contributed by atoms with Gasteiger partial charge in [-0.05, 0) is 66.1 Å². The van der Waals surface area contributed by atoms with E-state index in [1.54, 1.807) is 0 Å². The molecule has 0 aliphatic carbocycles. The molecule has 5 nitrogen and oxygen atoms in total. The summed E-state index contributed by atoms with van der Waals surface area (Å²) in [7, 11) is 0. The van der Waals surface area contributed by atoms with E-state index in [9.17, 15) is 0 Å². The van der Waals surface area contributed by atoms with Crippen molar-refractivity contribution >= 4 is 72.4 Å². The van der Waals surface area contributed by atoms with Crippen molar-refractivity contribution in [2.45, 2.75) is 12.3 Å². The normalized spacial score (nSPS) is 17.0. The number of amidine groups is 1. The summed E-state index contributed by atoms with van der Waals surface area (Å²) in [5.74, 6) is 1.12. The summed E-state index contributed by atoms with van der Waals surface area (Å²) in [5.41, 5.74) is 13.5. The number of benzene rings is 6. The molecule has 6 aromatic carbocycles. The van der Waals surface area contributed by atoms with Gasteiger partial charge in [0.05, 0.1) is 5.56 Å². The van der Waals surface area contributed by atoms with Gasteiger partial charge in [0.25, 0.3) is 0 Å². The third kappa shape index (κ3) is 5.06. The Kier molecular flexibility index (Phi) is 7.08. The molecule has 6 heteroatoms. The minimum Gasteiger partial charge on any atom is -0.440 e. The summed E-state index contributed by atoms with van der Waals surface area (Å²) in [6.45, 7) is 0. The van der Waals surface area contributed by atoms with Crippen LogP contribution in [0.25, 0.3) is 49.2 Å². The molecule has 8 rings (SSSR count). The number of hydrogen-bond acceptors (Lipinski definition) is 5.